The molecule has 0 spiro atoms. The number of nitrogens with one attached hydrogen (secondary N) is 2. The number of nitrogens with zero attached hydrogens (tertiary/aromatic N) is 1. The van der Waals surface area contributed by atoms with E-state index in [0.717, 1.165) is 5.56 Å². The van der Waals surface area contributed by atoms with Crippen LogP contribution < -0.4 is 10.6 Å². The SMILES string of the molecule is CC(=O)Nc1cccc([C@H](C)NC(=O)/C=C/c2ccccc2[N+](=O)[O-])c1. The molecule has 7 nitrogen and oxygen atoms in total. The third kappa shape index (κ3) is 5.27. The number of carbonyl (C=O) groups excluding carboxylic acids is 2. The molecule has 26 heavy (non-hydrogen) atoms. The predicted molar refractivity (Wildman–Crippen MR) is 99.4 cm³/mol. The zero-order valence-corrected chi connectivity index (χ0v) is 14.4. The zero-order chi connectivity index (χ0) is 19.1. The maximum absolute atomic E-state index is 12.1. The molecule has 0 radical (unpaired) electrons. The number of nitro benzene ring substituents is 1. The number of nitro groups is 1. The Morgan fingerprint density at radius 1 is 1.15 bits per heavy atom. The van der Waals surface area contributed by atoms with Crippen molar-refractivity contribution in [2.75, 3.05) is 5.32 Å². The van der Waals surface area contributed by atoms with Crippen molar-refractivity contribution in [3.63, 3.8) is 0 Å². The standard InChI is InChI=1S/C19H19N3O4/c1-13(16-7-5-8-17(12-16)21-14(2)23)20-19(24)11-10-15-6-3-4-9-18(15)22(25)26/h3-13H,1-2H3,(H,20,24)(H,21,23)/b11-10+/t13-/m0/s1. The highest BCUT2D eigenvalue weighted by molar-refractivity contribution is 5.92. The first-order chi connectivity index (χ1) is 12.4. The maximum atomic E-state index is 12.1. The monoisotopic (exact) mass is 353 g/mol. The molecule has 0 saturated heterocycles. The lowest BCUT2D eigenvalue weighted by Gasteiger charge is -2.14. The minimum atomic E-state index is -0.492. The molecular formula is C19H19N3O4. The first-order valence-electron chi connectivity index (χ1n) is 7.96. The minimum absolute atomic E-state index is 0.0624. The van der Waals surface area contributed by atoms with Gasteiger partial charge in [0, 0.05) is 24.8 Å². The fourth-order valence-electron chi connectivity index (χ4n) is 2.39. The Morgan fingerprint density at radius 3 is 2.58 bits per heavy atom. The maximum Gasteiger partial charge on any atom is 0.276 e. The van der Waals surface area contributed by atoms with Crippen molar-refractivity contribution in [1.29, 1.82) is 0 Å². The lowest BCUT2D eigenvalue weighted by atomic mass is 10.1. The van der Waals surface area contributed by atoms with Gasteiger partial charge >= 0.3 is 0 Å². The van der Waals surface area contributed by atoms with E-state index in [1.807, 2.05) is 13.0 Å². The number of benzene rings is 2. The minimum Gasteiger partial charge on any atom is -0.346 e. The van der Waals surface area contributed by atoms with Crippen molar-refractivity contribution in [1.82, 2.24) is 5.32 Å². The summed E-state index contributed by atoms with van der Waals surface area (Å²) in [6, 6.07) is 13.0. The molecule has 0 saturated carbocycles. The lowest BCUT2D eigenvalue weighted by molar-refractivity contribution is -0.385. The van der Waals surface area contributed by atoms with Gasteiger partial charge in [0.25, 0.3) is 5.69 Å². The molecule has 2 aromatic rings. The van der Waals surface area contributed by atoms with Gasteiger partial charge in [-0.05, 0) is 36.8 Å². The van der Waals surface area contributed by atoms with E-state index >= 15 is 0 Å². The Bertz CT molecular complexity index is 861. The lowest BCUT2D eigenvalue weighted by Crippen LogP contribution is -2.24. The summed E-state index contributed by atoms with van der Waals surface area (Å²) in [5.74, 6) is -0.549. The Morgan fingerprint density at radius 2 is 1.88 bits per heavy atom. The molecule has 2 aromatic carbocycles. The van der Waals surface area contributed by atoms with Crippen molar-refractivity contribution < 1.29 is 14.5 Å². The summed E-state index contributed by atoms with van der Waals surface area (Å²) in [6.45, 7) is 3.23. The number of para-hydroxylation sites is 1. The first-order valence-corrected chi connectivity index (χ1v) is 7.96. The van der Waals surface area contributed by atoms with Crippen LogP contribution in [0.2, 0.25) is 0 Å². The van der Waals surface area contributed by atoms with Crippen molar-refractivity contribution in [2.24, 2.45) is 0 Å². The molecule has 7 heteroatoms. The van der Waals surface area contributed by atoms with E-state index in [2.05, 4.69) is 10.6 Å². The van der Waals surface area contributed by atoms with Gasteiger partial charge in [0.2, 0.25) is 11.8 Å². The summed E-state index contributed by atoms with van der Waals surface area (Å²) in [4.78, 5) is 33.7. The molecule has 2 amide bonds. The summed E-state index contributed by atoms with van der Waals surface area (Å²) < 4.78 is 0. The number of hydrogen-bond acceptors (Lipinski definition) is 4. The largest absolute Gasteiger partial charge is 0.346 e. The van der Waals surface area contributed by atoms with Gasteiger partial charge in [-0.1, -0.05) is 24.3 Å². The quantitative estimate of drug-likeness (QED) is 0.472. The molecule has 2 rings (SSSR count). The van der Waals surface area contributed by atoms with Crippen LogP contribution in [0.4, 0.5) is 11.4 Å². The zero-order valence-electron chi connectivity index (χ0n) is 14.4. The van der Waals surface area contributed by atoms with Crippen LogP contribution in [-0.4, -0.2) is 16.7 Å². The van der Waals surface area contributed by atoms with Crippen molar-refractivity contribution >= 4 is 29.3 Å². The van der Waals surface area contributed by atoms with Gasteiger partial charge < -0.3 is 10.6 Å². The second kappa shape index (κ2) is 8.57. The summed E-state index contributed by atoms with van der Waals surface area (Å²) in [6.07, 6.45) is 2.67. The molecule has 0 aliphatic carbocycles. The molecule has 2 N–H and O–H groups in total. The van der Waals surface area contributed by atoms with E-state index in [9.17, 15) is 19.7 Å². The summed E-state index contributed by atoms with van der Waals surface area (Å²) in [5, 5.41) is 16.5. The molecular weight excluding hydrogens is 334 g/mol. The van der Waals surface area contributed by atoms with Crippen LogP contribution in [0.15, 0.2) is 54.6 Å². The molecule has 0 fully saturated rings. The average Bonchev–Trinajstić information content (AvgIpc) is 2.59. The predicted octanol–water partition coefficient (Wildman–Crippen LogP) is 3.44. The van der Waals surface area contributed by atoms with Gasteiger partial charge in [-0.15, -0.1) is 0 Å². The number of anilines is 1. The third-order valence-corrected chi connectivity index (χ3v) is 3.61. The Kier molecular flexibility index (Phi) is 6.21. The van der Waals surface area contributed by atoms with Gasteiger partial charge in [-0.3, -0.25) is 19.7 Å². The van der Waals surface area contributed by atoms with E-state index in [-0.39, 0.29) is 23.5 Å². The number of rotatable bonds is 6. The topological polar surface area (TPSA) is 101 Å². The van der Waals surface area contributed by atoms with E-state index in [1.54, 1.807) is 36.4 Å². The van der Waals surface area contributed by atoms with Crippen molar-refractivity contribution in [3.05, 3.63) is 75.8 Å². The number of carbonyl (C=O) groups is 2. The number of amides is 2. The summed E-state index contributed by atoms with van der Waals surface area (Å²) in [5.41, 5.74) is 1.76. The van der Waals surface area contributed by atoms with E-state index < -0.39 is 4.92 Å². The van der Waals surface area contributed by atoms with E-state index in [1.165, 1.54) is 25.1 Å². The van der Waals surface area contributed by atoms with Gasteiger partial charge in [0.1, 0.15) is 0 Å². The molecule has 0 bridgehead atoms. The molecule has 1 atom stereocenters. The highest BCUT2D eigenvalue weighted by Gasteiger charge is 2.11. The fraction of sp³-hybridized carbons (Fsp3) is 0.158. The molecule has 0 aliphatic rings. The summed E-state index contributed by atoms with van der Waals surface area (Å²) >= 11 is 0. The molecule has 0 aliphatic heterocycles. The van der Waals surface area contributed by atoms with E-state index in [0.29, 0.717) is 11.3 Å². The van der Waals surface area contributed by atoms with Crippen LogP contribution in [-0.2, 0) is 9.59 Å². The Labute approximate surface area is 150 Å². The van der Waals surface area contributed by atoms with Crippen LogP contribution in [0.3, 0.4) is 0 Å². The first kappa shape index (κ1) is 18.9. The van der Waals surface area contributed by atoms with Gasteiger partial charge in [-0.25, -0.2) is 0 Å². The Balaban J connectivity index is 2.06. The number of hydrogen-bond donors (Lipinski definition) is 2. The van der Waals surface area contributed by atoms with Gasteiger partial charge in [-0.2, -0.15) is 0 Å². The molecule has 0 unspecified atom stereocenters. The van der Waals surface area contributed by atoms with Gasteiger partial charge in [0.05, 0.1) is 16.5 Å². The molecule has 0 heterocycles. The normalized spacial score (nSPS) is 11.8. The average molecular weight is 353 g/mol. The van der Waals surface area contributed by atoms with Crippen LogP contribution in [0, 0.1) is 10.1 Å². The Hall–Kier alpha value is -3.48. The van der Waals surface area contributed by atoms with Crippen LogP contribution in [0.1, 0.15) is 31.0 Å². The van der Waals surface area contributed by atoms with Gasteiger partial charge in [0.15, 0.2) is 0 Å². The van der Waals surface area contributed by atoms with Crippen LogP contribution >= 0.6 is 0 Å². The van der Waals surface area contributed by atoms with E-state index in [4.69, 9.17) is 0 Å². The highest BCUT2D eigenvalue weighted by Crippen LogP contribution is 2.20. The fourth-order valence-corrected chi connectivity index (χ4v) is 2.39. The smallest absolute Gasteiger partial charge is 0.276 e. The van der Waals surface area contributed by atoms with Crippen LogP contribution in [0.5, 0.6) is 0 Å². The van der Waals surface area contributed by atoms with Crippen LogP contribution in [0.25, 0.3) is 6.08 Å². The summed E-state index contributed by atoms with van der Waals surface area (Å²) in [7, 11) is 0. The van der Waals surface area contributed by atoms with Crippen molar-refractivity contribution in [3.8, 4) is 0 Å². The molecule has 134 valence electrons. The molecule has 0 aromatic heterocycles. The van der Waals surface area contributed by atoms with Crippen molar-refractivity contribution in [2.45, 2.75) is 19.9 Å². The second-order valence-corrected chi connectivity index (χ2v) is 5.69. The highest BCUT2D eigenvalue weighted by atomic mass is 16.6. The second-order valence-electron chi connectivity index (χ2n) is 5.69. The third-order valence-electron chi connectivity index (χ3n) is 3.61.